The highest BCUT2D eigenvalue weighted by atomic mass is 79.9. The molecule has 0 aromatic heterocycles. The van der Waals surface area contributed by atoms with Gasteiger partial charge in [-0.25, -0.2) is 4.79 Å². The summed E-state index contributed by atoms with van der Waals surface area (Å²) >= 11 is 9.05. The van der Waals surface area contributed by atoms with Crippen molar-refractivity contribution in [1.82, 2.24) is 0 Å². The quantitative estimate of drug-likeness (QED) is 0.636. The standard InChI is InChI=1S/C11H10BrClO3/c1-6(14)10(12)9-5-7(13)3-4-8(9)11(15)16-2/h3-5,10H,1-2H3. The van der Waals surface area contributed by atoms with E-state index < -0.39 is 10.8 Å². The third kappa shape index (κ3) is 2.83. The van der Waals surface area contributed by atoms with Crippen molar-refractivity contribution in [3.8, 4) is 0 Å². The molecule has 0 aliphatic rings. The number of Topliss-reactive ketones (excluding diaryl/α,β-unsaturated/α-hetero) is 1. The maximum Gasteiger partial charge on any atom is 0.338 e. The Morgan fingerprint density at radius 1 is 1.44 bits per heavy atom. The van der Waals surface area contributed by atoms with E-state index in [9.17, 15) is 9.59 Å². The van der Waals surface area contributed by atoms with Gasteiger partial charge in [-0.2, -0.15) is 0 Å². The minimum atomic E-state index is -0.555. The SMILES string of the molecule is COC(=O)c1ccc(Cl)cc1C(Br)C(C)=O. The fourth-order valence-corrected chi connectivity index (χ4v) is 1.82. The number of carbonyl (C=O) groups excluding carboxylic acids is 2. The molecule has 0 radical (unpaired) electrons. The van der Waals surface area contributed by atoms with E-state index in [4.69, 9.17) is 11.6 Å². The van der Waals surface area contributed by atoms with Gasteiger partial charge in [0.05, 0.1) is 17.5 Å². The Bertz CT molecular complexity index is 431. The molecule has 0 aliphatic heterocycles. The third-order valence-corrected chi connectivity index (χ3v) is 3.42. The minimum Gasteiger partial charge on any atom is -0.465 e. The molecular formula is C11H10BrClO3. The Balaban J connectivity index is 3.28. The van der Waals surface area contributed by atoms with Crippen molar-refractivity contribution in [3.63, 3.8) is 0 Å². The summed E-state index contributed by atoms with van der Waals surface area (Å²) in [6.45, 7) is 1.43. The summed E-state index contributed by atoms with van der Waals surface area (Å²) in [6.07, 6.45) is 0. The van der Waals surface area contributed by atoms with E-state index in [1.54, 1.807) is 18.2 Å². The highest BCUT2D eigenvalue weighted by Gasteiger charge is 2.21. The second-order valence-corrected chi connectivity index (χ2v) is 4.55. The molecule has 0 bridgehead atoms. The predicted molar refractivity (Wildman–Crippen MR) is 65.1 cm³/mol. The van der Waals surface area contributed by atoms with Gasteiger partial charge < -0.3 is 4.74 Å². The fraction of sp³-hybridized carbons (Fsp3) is 0.273. The molecule has 1 aromatic rings. The number of carbonyl (C=O) groups is 2. The van der Waals surface area contributed by atoms with Crippen molar-refractivity contribution in [2.24, 2.45) is 0 Å². The Morgan fingerprint density at radius 3 is 2.56 bits per heavy atom. The van der Waals surface area contributed by atoms with Gasteiger partial charge in [0.25, 0.3) is 0 Å². The van der Waals surface area contributed by atoms with Crippen molar-refractivity contribution in [1.29, 1.82) is 0 Å². The van der Waals surface area contributed by atoms with Gasteiger partial charge in [0.1, 0.15) is 5.78 Å². The molecule has 1 aromatic carbocycles. The van der Waals surface area contributed by atoms with E-state index in [1.807, 2.05) is 0 Å². The monoisotopic (exact) mass is 304 g/mol. The van der Waals surface area contributed by atoms with Gasteiger partial charge in [-0.3, -0.25) is 4.79 Å². The second kappa shape index (κ2) is 5.46. The van der Waals surface area contributed by atoms with Crippen LogP contribution in [0.2, 0.25) is 5.02 Å². The van der Waals surface area contributed by atoms with Crippen LogP contribution in [0.1, 0.15) is 27.7 Å². The molecule has 1 rings (SSSR count). The Kier molecular flexibility index (Phi) is 4.50. The number of alkyl halides is 1. The first-order valence-electron chi connectivity index (χ1n) is 4.49. The number of rotatable bonds is 3. The van der Waals surface area contributed by atoms with E-state index in [0.29, 0.717) is 16.1 Å². The Labute approximate surface area is 107 Å². The summed E-state index contributed by atoms with van der Waals surface area (Å²) in [5.41, 5.74) is 0.857. The summed E-state index contributed by atoms with van der Waals surface area (Å²) in [5.74, 6) is -0.593. The zero-order valence-electron chi connectivity index (χ0n) is 8.79. The van der Waals surface area contributed by atoms with Crippen molar-refractivity contribution in [2.45, 2.75) is 11.8 Å². The van der Waals surface area contributed by atoms with Gasteiger partial charge in [-0.05, 0) is 30.7 Å². The molecule has 0 saturated heterocycles. The molecule has 1 unspecified atom stereocenters. The van der Waals surface area contributed by atoms with Crippen LogP contribution in [0.25, 0.3) is 0 Å². The van der Waals surface area contributed by atoms with Crippen LogP contribution in [-0.2, 0) is 9.53 Å². The van der Waals surface area contributed by atoms with E-state index >= 15 is 0 Å². The third-order valence-electron chi connectivity index (χ3n) is 2.05. The van der Waals surface area contributed by atoms with Crippen molar-refractivity contribution in [2.75, 3.05) is 7.11 Å². The van der Waals surface area contributed by atoms with Crippen LogP contribution in [-0.4, -0.2) is 18.9 Å². The van der Waals surface area contributed by atoms with Gasteiger partial charge in [0.2, 0.25) is 0 Å². The van der Waals surface area contributed by atoms with Crippen LogP contribution in [0.4, 0.5) is 0 Å². The van der Waals surface area contributed by atoms with Gasteiger partial charge in [-0.15, -0.1) is 0 Å². The molecule has 0 fully saturated rings. The van der Waals surface area contributed by atoms with Gasteiger partial charge >= 0.3 is 5.97 Å². The summed E-state index contributed by atoms with van der Waals surface area (Å²) in [5, 5.41) is 0.466. The number of halogens is 2. The Hall–Kier alpha value is -0.870. The predicted octanol–water partition coefficient (Wildman–Crippen LogP) is 3.15. The zero-order valence-corrected chi connectivity index (χ0v) is 11.1. The molecule has 0 saturated carbocycles. The highest BCUT2D eigenvalue weighted by Crippen LogP contribution is 2.29. The molecule has 3 nitrogen and oxygen atoms in total. The molecule has 5 heteroatoms. The van der Waals surface area contributed by atoms with Crippen LogP contribution in [0.15, 0.2) is 18.2 Å². The number of esters is 1. The largest absolute Gasteiger partial charge is 0.465 e. The van der Waals surface area contributed by atoms with Crippen molar-refractivity contribution in [3.05, 3.63) is 34.3 Å². The Morgan fingerprint density at radius 2 is 2.06 bits per heavy atom. The number of ether oxygens (including phenoxy) is 1. The smallest absolute Gasteiger partial charge is 0.338 e. The van der Waals surface area contributed by atoms with Crippen LogP contribution >= 0.6 is 27.5 Å². The van der Waals surface area contributed by atoms with Gasteiger partial charge in [0, 0.05) is 5.02 Å². The summed E-state index contributed by atoms with van der Waals surface area (Å²) < 4.78 is 4.63. The van der Waals surface area contributed by atoms with Crippen LogP contribution < -0.4 is 0 Å². The van der Waals surface area contributed by atoms with Crippen LogP contribution in [0.5, 0.6) is 0 Å². The maximum atomic E-state index is 11.5. The van der Waals surface area contributed by atoms with Crippen LogP contribution in [0.3, 0.4) is 0 Å². The first-order valence-corrected chi connectivity index (χ1v) is 5.79. The summed E-state index contributed by atoms with van der Waals surface area (Å²) in [7, 11) is 1.29. The molecule has 0 heterocycles. The minimum absolute atomic E-state index is 0.104. The van der Waals surface area contributed by atoms with E-state index in [1.165, 1.54) is 14.0 Å². The van der Waals surface area contributed by atoms with Crippen molar-refractivity contribution < 1.29 is 14.3 Å². The lowest BCUT2D eigenvalue weighted by Crippen LogP contribution is -2.10. The zero-order chi connectivity index (χ0) is 12.3. The summed E-state index contributed by atoms with van der Waals surface area (Å²) in [4.78, 5) is 22.2. The molecule has 86 valence electrons. The molecule has 0 aliphatic carbocycles. The summed E-state index contributed by atoms with van der Waals surface area (Å²) in [6, 6.07) is 4.70. The highest BCUT2D eigenvalue weighted by molar-refractivity contribution is 9.09. The number of hydrogen-bond donors (Lipinski definition) is 0. The number of ketones is 1. The first kappa shape index (κ1) is 13.2. The van der Waals surface area contributed by atoms with E-state index in [-0.39, 0.29) is 5.78 Å². The lowest BCUT2D eigenvalue weighted by molar-refractivity contribution is -0.116. The molecule has 16 heavy (non-hydrogen) atoms. The fourth-order valence-electron chi connectivity index (χ4n) is 1.26. The number of benzene rings is 1. The lowest BCUT2D eigenvalue weighted by atomic mass is 10.0. The first-order chi connectivity index (χ1) is 7.47. The van der Waals surface area contributed by atoms with Gasteiger partial charge in [0.15, 0.2) is 0 Å². The lowest BCUT2D eigenvalue weighted by Gasteiger charge is -2.11. The normalized spacial score (nSPS) is 12.0. The van der Waals surface area contributed by atoms with E-state index in [2.05, 4.69) is 20.7 Å². The van der Waals surface area contributed by atoms with E-state index in [0.717, 1.165) is 0 Å². The molecule has 1 atom stereocenters. The molecular weight excluding hydrogens is 295 g/mol. The number of hydrogen-bond acceptors (Lipinski definition) is 3. The average Bonchev–Trinajstić information content (AvgIpc) is 2.26. The van der Waals surface area contributed by atoms with Crippen molar-refractivity contribution >= 4 is 39.3 Å². The molecule has 0 spiro atoms. The van der Waals surface area contributed by atoms with Crippen LogP contribution in [0, 0.1) is 0 Å². The maximum absolute atomic E-state index is 11.5. The number of methoxy groups -OCH3 is 1. The average molecular weight is 306 g/mol. The van der Waals surface area contributed by atoms with Gasteiger partial charge in [-0.1, -0.05) is 27.5 Å². The topological polar surface area (TPSA) is 43.4 Å². The molecule has 0 N–H and O–H groups in total. The second-order valence-electron chi connectivity index (χ2n) is 3.20. The molecule has 0 amide bonds.